The van der Waals surface area contributed by atoms with Gasteiger partial charge in [-0.2, -0.15) is 0 Å². The molecular weight excluding hydrogens is 342 g/mol. The van der Waals surface area contributed by atoms with Gasteiger partial charge in [-0.05, 0) is 73.6 Å². The van der Waals surface area contributed by atoms with Gasteiger partial charge in [-0.25, -0.2) is 0 Å². The van der Waals surface area contributed by atoms with E-state index >= 15 is 0 Å². The zero-order chi connectivity index (χ0) is 20.6. The van der Waals surface area contributed by atoms with Crippen LogP contribution in [0.1, 0.15) is 80.1 Å². The first-order valence-corrected chi connectivity index (χ1v) is 10.2. The normalized spacial score (nSPS) is 19.4. The van der Waals surface area contributed by atoms with E-state index in [-0.39, 0.29) is 35.6 Å². The van der Waals surface area contributed by atoms with Crippen LogP contribution >= 0.6 is 0 Å². The van der Waals surface area contributed by atoms with Crippen LogP contribution in [0.2, 0.25) is 0 Å². The summed E-state index contributed by atoms with van der Waals surface area (Å²) < 4.78 is 0. The van der Waals surface area contributed by atoms with Crippen LogP contribution in [0.15, 0.2) is 11.3 Å². The Kier molecular flexibility index (Phi) is 9.53. The zero-order valence-corrected chi connectivity index (χ0v) is 17.8. The maximum absolute atomic E-state index is 11.8. The molecule has 1 atom stereocenters. The molecule has 0 aromatic rings. The molecule has 2 rings (SSSR count). The monoisotopic (exact) mass is 379 g/mol. The third kappa shape index (κ3) is 8.14. The van der Waals surface area contributed by atoms with E-state index in [0.717, 1.165) is 43.4 Å². The number of nitrogens with one attached hydrogen (secondary N) is 3. The standard InChI is InChI=1S/C12H22N2O.C9H15NO2/c1-8(2)13-11-7-5-6-10(11)12(15)14-9(3)4;1-6(2)10-9(12)7-4-3-5-8(7)11/h8-9,13H,5-7H2,1-4H3,(H,14,15);6-7H,3-5H2,1-2H3,(H,10,12). The fraction of sp³-hybridized carbons (Fsp3) is 0.762. The summed E-state index contributed by atoms with van der Waals surface area (Å²) in [6, 6.07) is 0.747. The predicted octanol–water partition coefficient (Wildman–Crippen LogP) is 2.83. The van der Waals surface area contributed by atoms with Gasteiger partial charge in [-0.15, -0.1) is 0 Å². The van der Waals surface area contributed by atoms with Gasteiger partial charge in [0.2, 0.25) is 11.8 Å². The van der Waals surface area contributed by atoms with E-state index in [1.54, 1.807) is 0 Å². The molecule has 2 aliphatic carbocycles. The fourth-order valence-corrected chi connectivity index (χ4v) is 3.33. The highest BCUT2D eigenvalue weighted by molar-refractivity contribution is 6.02. The van der Waals surface area contributed by atoms with Crippen molar-refractivity contribution in [1.29, 1.82) is 0 Å². The molecule has 0 aromatic carbocycles. The summed E-state index contributed by atoms with van der Waals surface area (Å²) in [7, 11) is 0. The van der Waals surface area contributed by atoms with Crippen LogP contribution in [0.25, 0.3) is 0 Å². The molecule has 154 valence electrons. The lowest BCUT2D eigenvalue weighted by Crippen LogP contribution is -2.37. The number of allylic oxidation sites excluding steroid dienone is 1. The Hall–Kier alpha value is -1.85. The molecule has 6 heteroatoms. The van der Waals surface area contributed by atoms with Crippen molar-refractivity contribution in [3.8, 4) is 0 Å². The van der Waals surface area contributed by atoms with Gasteiger partial charge in [0.05, 0.1) is 5.92 Å². The van der Waals surface area contributed by atoms with Crippen LogP contribution in [-0.4, -0.2) is 35.7 Å². The van der Waals surface area contributed by atoms with Gasteiger partial charge in [0.25, 0.3) is 0 Å². The number of rotatable bonds is 6. The molecule has 0 aliphatic heterocycles. The largest absolute Gasteiger partial charge is 0.386 e. The lowest BCUT2D eigenvalue weighted by atomic mass is 10.1. The van der Waals surface area contributed by atoms with Crippen LogP contribution in [0, 0.1) is 5.92 Å². The first kappa shape index (κ1) is 23.2. The third-order valence-corrected chi connectivity index (χ3v) is 4.43. The molecule has 0 radical (unpaired) electrons. The number of hydrogen-bond donors (Lipinski definition) is 3. The molecular formula is C21H37N3O3. The van der Waals surface area contributed by atoms with E-state index in [0.29, 0.717) is 12.5 Å². The minimum Gasteiger partial charge on any atom is -0.386 e. The van der Waals surface area contributed by atoms with Gasteiger partial charge in [0, 0.05) is 35.8 Å². The summed E-state index contributed by atoms with van der Waals surface area (Å²) in [4.78, 5) is 34.3. The van der Waals surface area contributed by atoms with E-state index in [4.69, 9.17) is 0 Å². The number of carbonyl (C=O) groups is 3. The molecule has 2 amide bonds. The Bertz CT molecular complexity index is 565. The second kappa shape index (κ2) is 11.1. The van der Waals surface area contributed by atoms with Gasteiger partial charge in [-0.1, -0.05) is 0 Å². The molecule has 1 fully saturated rings. The predicted molar refractivity (Wildman–Crippen MR) is 108 cm³/mol. The van der Waals surface area contributed by atoms with Crippen LogP contribution in [0.5, 0.6) is 0 Å². The molecule has 6 nitrogen and oxygen atoms in total. The second-order valence-corrected chi connectivity index (χ2v) is 8.31. The third-order valence-electron chi connectivity index (χ3n) is 4.43. The molecule has 0 saturated heterocycles. The van der Waals surface area contributed by atoms with Crippen molar-refractivity contribution >= 4 is 17.6 Å². The zero-order valence-electron chi connectivity index (χ0n) is 17.8. The lowest BCUT2D eigenvalue weighted by Gasteiger charge is -2.14. The molecule has 27 heavy (non-hydrogen) atoms. The molecule has 0 aromatic heterocycles. The van der Waals surface area contributed by atoms with Crippen molar-refractivity contribution in [3.63, 3.8) is 0 Å². The molecule has 0 bridgehead atoms. The van der Waals surface area contributed by atoms with Gasteiger partial charge < -0.3 is 16.0 Å². The molecule has 0 heterocycles. The number of Topliss-reactive ketones (excluding diaryl/α,β-unsaturated/α-hetero) is 1. The summed E-state index contributed by atoms with van der Waals surface area (Å²) in [6.45, 7) is 12.0. The summed E-state index contributed by atoms with van der Waals surface area (Å²) in [5.74, 6) is -0.237. The number of ketones is 1. The lowest BCUT2D eigenvalue weighted by molar-refractivity contribution is -0.132. The average molecular weight is 380 g/mol. The summed E-state index contributed by atoms with van der Waals surface area (Å²) >= 11 is 0. The van der Waals surface area contributed by atoms with Crippen LogP contribution in [-0.2, 0) is 14.4 Å². The fourth-order valence-electron chi connectivity index (χ4n) is 3.33. The molecule has 1 saturated carbocycles. The van der Waals surface area contributed by atoms with Crippen molar-refractivity contribution in [1.82, 2.24) is 16.0 Å². The summed E-state index contributed by atoms with van der Waals surface area (Å²) in [5, 5.41) is 9.07. The van der Waals surface area contributed by atoms with E-state index in [9.17, 15) is 14.4 Å². The summed E-state index contributed by atoms with van der Waals surface area (Å²) in [5.41, 5.74) is 2.10. The van der Waals surface area contributed by atoms with Crippen LogP contribution < -0.4 is 16.0 Å². The van der Waals surface area contributed by atoms with Crippen molar-refractivity contribution in [2.45, 2.75) is 98.2 Å². The number of amides is 2. The highest BCUT2D eigenvalue weighted by atomic mass is 16.2. The van der Waals surface area contributed by atoms with E-state index in [1.807, 2.05) is 27.7 Å². The molecule has 2 aliphatic rings. The number of carbonyl (C=O) groups excluding carboxylic acids is 3. The highest BCUT2D eigenvalue weighted by Gasteiger charge is 2.30. The minimum atomic E-state index is -0.354. The van der Waals surface area contributed by atoms with E-state index < -0.39 is 0 Å². The van der Waals surface area contributed by atoms with Crippen molar-refractivity contribution in [3.05, 3.63) is 11.3 Å². The Morgan fingerprint density at radius 1 is 0.852 bits per heavy atom. The molecule has 1 unspecified atom stereocenters. The van der Waals surface area contributed by atoms with Crippen molar-refractivity contribution in [2.75, 3.05) is 0 Å². The quantitative estimate of drug-likeness (QED) is 0.619. The SMILES string of the molecule is CC(C)NC(=O)C1=C(NC(C)C)CCC1.CC(C)NC(=O)C1CCCC1=O. The van der Waals surface area contributed by atoms with Gasteiger partial charge in [-0.3, -0.25) is 14.4 Å². The first-order valence-electron chi connectivity index (χ1n) is 10.2. The maximum atomic E-state index is 11.8. The average Bonchev–Trinajstić information content (AvgIpc) is 3.14. The summed E-state index contributed by atoms with van der Waals surface area (Å²) in [6.07, 6.45) is 5.20. The Labute approximate surface area is 163 Å². The second-order valence-electron chi connectivity index (χ2n) is 8.31. The maximum Gasteiger partial charge on any atom is 0.249 e. The smallest absolute Gasteiger partial charge is 0.249 e. The van der Waals surface area contributed by atoms with Crippen molar-refractivity contribution in [2.24, 2.45) is 5.92 Å². The molecule has 0 spiro atoms. The molecule has 3 N–H and O–H groups in total. The first-order chi connectivity index (χ1) is 12.6. The van der Waals surface area contributed by atoms with Crippen LogP contribution in [0.4, 0.5) is 0 Å². The van der Waals surface area contributed by atoms with Gasteiger partial charge in [0.15, 0.2) is 0 Å². The van der Waals surface area contributed by atoms with E-state index in [1.165, 1.54) is 0 Å². The number of hydrogen-bond acceptors (Lipinski definition) is 4. The Morgan fingerprint density at radius 3 is 1.96 bits per heavy atom. The minimum absolute atomic E-state index is 0.0903. The highest BCUT2D eigenvalue weighted by Crippen LogP contribution is 2.24. The van der Waals surface area contributed by atoms with Crippen molar-refractivity contribution < 1.29 is 14.4 Å². The van der Waals surface area contributed by atoms with Crippen LogP contribution in [0.3, 0.4) is 0 Å². The Balaban J connectivity index is 0.000000277. The van der Waals surface area contributed by atoms with Gasteiger partial charge >= 0.3 is 0 Å². The van der Waals surface area contributed by atoms with E-state index in [2.05, 4.69) is 29.8 Å². The van der Waals surface area contributed by atoms with Gasteiger partial charge in [0.1, 0.15) is 5.78 Å². The Morgan fingerprint density at radius 2 is 1.48 bits per heavy atom. The topological polar surface area (TPSA) is 87.3 Å².